The van der Waals surface area contributed by atoms with Crippen LogP contribution in [0.15, 0.2) is 59.2 Å². The molecular formula is C17H13N5O2. The minimum atomic E-state index is -0.336. The number of aromatic nitrogens is 2. The molecule has 1 amide bonds. The Hall–Kier alpha value is -3.66. The van der Waals surface area contributed by atoms with E-state index in [4.69, 9.17) is 9.68 Å². The molecular weight excluding hydrogens is 306 g/mol. The maximum Gasteiger partial charge on any atom is 0.272 e. The van der Waals surface area contributed by atoms with Crippen LogP contribution in [0.1, 0.15) is 21.8 Å². The molecule has 118 valence electrons. The zero-order chi connectivity index (χ0) is 16.8. The van der Waals surface area contributed by atoms with Crippen molar-refractivity contribution in [3.05, 3.63) is 71.8 Å². The van der Waals surface area contributed by atoms with E-state index in [-0.39, 0.29) is 18.1 Å². The van der Waals surface area contributed by atoms with Crippen LogP contribution in [0, 0.1) is 11.3 Å². The maximum atomic E-state index is 12.0. The second kappa shape index (κ2) is 7.07. The number of carbonyl (C=O) groups excluding carboxylic acids is 1. The van der Waals surface area contributed by atoms with Crippen molar-refractivity contribution in [1.82, 2.24) is 15.5 Å². The molecule has 0 saturated carbocycles. The third-order valence-corrected chi connectivity index (χ3v) is 3.16. The number of carbonyl (C=O) groups is 1. The Kier molecular flexibility index (Phi) is 4.49. The second-order valence-electron chi connectivity index (χ2n) is 4.88. The number of furan rings is 1. The van der Waals surface area contributed by atoms with Crippen molar-refractivity contribution in [2.45, 2.75) is 6.54 Å². The summed E-state index contributed by atoms with van der Waals surface area (Å²) in [7, 11) is 0. The summed E-state index contributed by atoms with van der Waals surface area (Å²) in [5, 5.41) is 22.5. The summed E-state index contributed by atoms with van der Waals surface area (Å²) in [6.07, 6.45) is 1.54. The van der Waals surface area contributed by atoms with E-state index in [1.165, 1.54) is 0 Å². The van der Waals surface area contributed by atoms with Gasteiger partial charge in [-0.25, -0.2) is 0 Å². The van der Waals surface area contributed by atoms with Gasteiger partial charge in [-0.05, 0) is 42.5 Å². The number of hydrogen-bond acceptors (Lipinski definition) is 6. The molecule has 0 unspecified atom stereocenters. The number of rotatable bonds is 5. The van der Waals surface area contributed by atoms with Crippen molar-refractivity contribution in [3.8, 4) is 6.07 Å². The molecule has 2 heterocycles. The van der Waals surface area contributed by atoms with Crippen molar-refractivity contribution >= 4 is 17.4 Å². The van der Waals surface area contributed by atoms with E-state index >= 15 is 0 Å². The number of amides is 1. The highest BCUT2D eigenvalue weighted by Crippen LogP contribution is 2.15. The maximum absolute atomic E-state index is 12.0. The summed E-state index contributed by atoms with van der Waals surface area (Å²) < 4.78 is 5.14. The van der Waals surface area contributed by atoms with Crippen LogP contribution >= 0.6 is 0 Å². The van der Waals surface area contributed by atoms with Crippen molar-refractivity contribution in [2.75, 3.05) is 5.32 Å². The van der Waals surface area contributed by atoms with Crippen LogP contribution in [0.3, 0.4) is 0 Å². The number of nitrogens with one attached hydrogen (secondary N) is 2. The molecule has 0 aliphatic carbocycles. The lowest BCUT2D eigenvalue weighted by molar-refractivity contribution is 0.0942. The lowest BCUT2D eigenvalue weighted by atomic mass is 10.2. The van der Waals surface area contributed by atoms with E-state index in [1.807, 2.05) is 6.07 Å². The highest BCUT2D eigenvalue weighted by atomic mass is 16.3. The van der Waals surface area contributed by atoms with E-state index in [2.05, 4.69) is 26.9 Å². The van der Waals surface area contributed by atoms with Gasteiger partial charge >= 0.3 is 0 Å². The van der Waals surface area contributed by atoms with Crippen LogP contribution in [0.5, 0.6) is 0 Å². The average Bonchev–Trinajstić information content (AvgIpc) is 3.14. The van der Waals surface area contributed by atoms with Crippen molar-refractivity contribution in [3.63, 3.8) is 0 Å². The van der Waals surface area contributed by atoms with Gasteiger partial charge in [0.1, 0.15) is 5.76 Å². The van der Waals surface area contributed by atoms with Gasteiger partial charge in [-0.15, -0.1) is 10.2 Å². The van der Waals surface area contributed by atoms with Crippen LogP contribution in [0.4, 0.5) is 11.5 Å². The molecule has 3 aromatic rings. The van der Waals surface area contributed by atoms with Gasteiger partial charge in [-0.3, -0.25) is 4.79 Å². The highest BCUT2D eigenvalue weighted by molar-refractivity contribution is 5.92. The molecule has 0 fully saturated rings. The lowest BCUT2D eigenvalue weighted by Crippen LogP contribution is -2.23. The summed E-state index contributed by atoms with van der Waals surface area (Å²) in [6.45, 7) is 0.286. The van der Waals surface area contributed by atoms with E-state index in [0.29, 0.717) is 17.1 Å². The molecule has 24 heavy (non-hydrogen) atoms. The van der Waals surface area contributed by atoms with Gasteiger partial charge in [0.15, 0.2) is 11.5 Å². The van der Waals surface area contributed by atoms with Gasteiger partial charge in [-0.1, -0.05) is 6.07 Å². The minimum absolute atomic E-state index is 0.206. The number of nitriles is 1. The van der Waals surface area contributed by atoms with Crippen molar-refractivity contribution in [2.24, 2.45) is 0 Å². The summed E-state index contributed by atoms with van der Waals surface area (Å²) in [6, 6.07) is 15.8. The predicted molar refractivity (Wildman–Crippen MR) is 86.3 cm³/mol. The Morgan fingerprint density at radius 1 is 1.17 bits per heavy atom. The molecule has 0 aliphatic rings. The lowest BCUT2D eigenvalue weighted by Gasteiger charge is -2.06. The highest BCUT2D eigenvalue weighted by Gasteiger charge is 2.09. The molecule has 3 rings (SSSR count). The average molecular weight is 319 g/mol. The monoisotopic (exact) mass is 319 g/mol. The Balaban J connectivity index is 1.62. The van der Waals surface area contributed by atoms with Gasteiger partial charge < -0.3 is 15.1 Å². The Labute approximate surface area is 137 Å². The third kappa shape index (κ3) is 3.75. The quantitative estimate of drug-likeness (QED) is 0.749. The van der Waals surface area contributed by atoms with Crippen LogP contribution in [-0.4, -0.2) is 16.1 Å². The molecule has 0 bridgehead atoms. The normalized spacial score (nSPS) is 9.96. The van der Waals surface area contributed by atoms with Crippen LogP contribution in [0.25, 0.3) is 0 Å². The first-order valence-electron chi connectivity index (χ1n) is 7.16. The zero-order valence-electron chi connectivity index (χ0n) is 12.6. The van der Waals surface area contributed by atoms with Gasteiger partial charge in [0.05, 0.1) is 24.4 Å². The fourth-order valence-corrected chi connectivity index (χ4v) is 2.01. The topological polar surface area (TPSA) is 104 Å². The Morgan fingerprint density at radius 3 is 2.79 bits per heavy atom. The van der Waals surface area contributed by atoms with E-state index in [9.17, 15) is 4.79 Å². The van der Waals surface area contributed by atoms with Crippen molar-refractivity contribution in [1.29, 1.82) is 5.26 Å². The van der Waals surface area contributed by atoms with Crippen LogP contribution < -0.4 is 10.6 Å². The summed E-state index contributed by atoms with van der Waals surface area (Å²) in [5.74, 6) is 0.802. The summed E-state index contributed by atoms with van der Waals surface area (Å²) >= 11 is 0. The number of anilines is 2. The largest absolute Gasteiger partial charge is 0.467 e. The minimum Gasteiger partial charge on any atom is -0.467 e. The first-order chi connectivity index (χ1) is 11.7. The number of hydrogen-bond donors (Lipinski definition) is 2. The smallest absolute Gasteiger partial charge is 0.272 e. The molecule has 1 aromatic carbocycles. The molecule has 2 aromatic heterocycles. The molecule has 7 nitrogen and oxygen atoms in total. The summed E-state index contributed by atoms with van der Waals surface area (Å²) in [5.41, 5.74) is 1.47. The van der Waals surface area contributed by atoms with E-state index < -0.39 is 0 Å². The van der Waals surface area contributed by atoms with Crippen molar-refractivity contribution < 1.29 is 9.21 Å². The number of benzene rings is 1. The molecule has 0 atom stereocenters. The number of nitrogens with zero attached hydrogens (tertiary/aromatic N) is 3. The second-order valence-corrected chi connectivity index (χ2v) is 4.88. The SMILES string of the molecule is N#Cc1cccc(Nc2ccc(C(=O)NCc3ccco3)nn2)c1. The zero-order valence-corrected chi connectivity index (χ0v) is 12.6. The van der Waals surface area contributed by atoms with E-state index in [1.54, 1.807) is 48.7 Å². The molecule has 0 aliphatic heterocycles. The van der Waals surface area contributed by atoms with Gasteiger partial charge in [-0.2, -0.15) is 5.26 Å². The molecule has 0 radical (unpaired) electrons. The molecule has 0 saturated heterocycles. The summed E-state index contributed by atoms with van der Waals surface area (Å²) in [4.78, 5) is 12.0. The third-order valence-electron chi connectivity index (χ3n) is 3.16. The first-order valence-corrected chi connectivity index (χ1v) is 7.16. The Morgan fingerprint density at radius 2 is 2.08 bits per heavy atom. The van der Waals surface area contributed by atoms with E-state index in [0.717, 1.165) is 5.69 Å². The first kappa shape index (κ1) is 15.2. The van der Waals surface area contributed by atoms with Crippen LogP contribution in [0.2, 0.25) is 0 Å². The molecule has 0 spiro atoms. The predicted octanol–water partition coefficient (Wildman–Crippen LogP) is 2.61. The van der Waals surface area contributed by atoms with Crippen LogP contribution in [-0.2, 0) is 6.54 Å². The molecule has 2 N–H and O–H groups in total. The van der Waals surface area contributed by atoms with Gasteiger partial charge in [0.25, 0.3) is 5.91 Å². The Bertz CT molecular complexity index is 867. The van der Waals surface area contributed by atoms with Gasteiger partial charge in [0, 0.05) is 5.69 Å². The standard InChI is InChI=1S/C17H13N5O2/c18-10-12-3-1-4-13(9-12)20-16-7-6-15(21-22-16)17(23)19-11-14-5-2-8-24-14/h1-9H,11H2,(H,19,23)(H,20,22). The molecule has 7 heteroatoms. The van der Waals surface area contributed by atoms with Gasteiger partial charge in [0.2, 0.25) is 0 Å². The fraction of sp³-hybridized carbons (Fsp3) is 0.0588. The fourth-order valence-electron chi connectivity index (χ4n) is 2.01.